The van der Waals surface area contributed by atoms with Crippen molar-refractivity contribution in [1.29, 1.82) is 0 Å². The van der Waals surface area contributed by atoms with E-state index in [-0.39, 0.29) is 0 Å². The monoisotopic (exact) mass is 316 g/mol. The molecule has 0 amide bonds. The molecular formula is C14H24N2O2S2. The molecule has 0 fully saturated rings. The van der Waals surface area contributed by atoms with Crippen molar-refractivity contribution in [3.05, 3.63) is 28.0 Å². The van der Waals surface area contributed by atoms with Crippen LogP contribution in [0.1, 0.15) is 30.7 Å². The zero-order valence-corrected chi connectivity index (χ0v) is 14.3. The summed E-state index contributed by atoms with van der Waals surface area (Å²) in [5.41, 5.74) is 1.64. The van der Waals surface area contributed by atoms with Crippen LogP contribution in [0.25, 0.3) is 0 Å². The fourth-order valence-corrected chi connectivity index (χ4v) is 4.91. The molecule has 0 aromatic carbocycles. The molecular weight excluding hydrogens is 292 g/mol. The van der Waals surface area contributed by atoms with E-state index in [1.807, 2.05) is 19.2 Å². The van der Waals surface area contributed by atoms with Gasteiger partial charge in [-0.25, -0.2) is 8.42 Å². The minimum absolute atomic E-state index is 0.347. The molecule has 114 valence electrons. The number of hydrogen-bond donors (Lipinski definition) is 1. The topological polar surface area (TPSA) is 49.4 Å². The summed E-state index contributed by atoms with van der Waals surface area (Å²) >= 11 is 1.50. The molecule has 20 heavy (non-hydrogen) atoms. The van der Waals surface area contributed by atoms with Gasteiger partial charge in [0.1, 0.15) is 4.90 Å². The molecule has 0 saturated carbocycles. The third-order valence-corrected chi connectivity index (χ3v) is 6.13. The molecule has 0 spiro atoms. The number of aryl methyl sites for hydroxylation is 1. The van der Waals surface area contributed by atoms with Crippen molar-refractivity contribution in [2.75, 3.05) is 20.1 Å². The normalized spacial score (nSPS) is 12.1. The van der Waals surface area contributed by atoms with Crippen LogP contribution >= 0.6 is 11.3 Å². The van der Waals surface area contributed by atoms with Crippen molar-refractivity contribution in [3.8, 4) is 0 Å². The van der Waals surface area contributed by atoms with Gasteiger partial charge in [0.15, 0.2) is 0 Å². The fourth-order valence-electron chi connectivity index (χ4n) is 1.96. The van der Waals surface area contributed by atoms with E-state index in [1.54, 1.807) is 7.05 Å². The van der Waals surface area contributed by atoms with Gasteiger partial charge >= 0.3 is 0 Å². The summed E-state index contributed by atoms with van der Waals surface area (Å²) in [5, 5.41) is 5.17. The Morgan fingerprint density at radius 2 is 2.15 bits per heavy atom. The van der Waals surface area contributed by atoms with Crippen molar-refractivity contribution >= 4 is 21.4 Å². The van der Waals surface area contributed by atoms with Crippen molar-refractivity contribution in [2.45, 2.75) is 38.6 Å². The average molecular weight is 316 g/mol. The van der Waals surface area contributed by atoms with Gasteiger partial charge in [0, 0.05) is 25.0 Å². The third-order valence-electron chi connectivity index (χ3n) is 2.86. The Balaban J connectivity index is 3.04. The van der Waals surface area contributed by atoms with Crippen LogP contribution in [0.5, 0.6) is 0 Å². The molecule has 0 bridgehead atoms. The minimum atomic E-state index is -3.45. The molecule has 0 radical (unpaired) electrons. The van der Waals surface area contributed by atoms with Crippen LogP contribution in [0.2, 0.25) is 0 Å². The molecule has 0 aliphatic heterocycles. The number of thiophene rings is 1. The largest absolute Gasteiger partial charge is 0.312 e. The molecule has 0 atom stereocenters. The second-order valence-electron chi connectivity index (χ2n) is 5.07. The van der Waals surface area contributed by atoms with Gasteiger partial charge < -0.3 is 5.32 Å². The maximum absolute atomic E-state index is 12.7. The Morgan fingerprint density at radius 3 is 2.70 bits per heavy atom. The second-order valence-corrected chi connectivity index (χ2v) is 8.01. The molecule has 1 N–H and O–H groups in total. The Hall–Kier alpha value is -0.690. The van der Waals surface area contributed by atoms with Gasteiger partial charge in [-0.1, -0.05) is 19.1 Å². The first-order valence-corrected chi connectivity index (χ1v) is 9.01. The molecule has 1 aromatic rings. The van der Waals surface area contributed by atoms with Crippen LogP contribution < -0.4 is 5.32 Å². The highest BCUT2D eigenvalue weighted by atomic mass is 32.2. The lowest BCUT2D eigenvalue weighted by Crippen LogP contribution is -2.29. The quantitative estimate of drug-likeness (QED) is 0.592. The van der Waals surface area contributed by atoms with E-state index in [0.717, 1.165) is 29.0 Å². The summed E-state index contributed by atoms with van der Waals surface area (Å²) in [6.07, 6.45) is 1.03. The summed E-state index contributed by atoms with van der Waals surface area (Å²) < 4.78 is 26.7. The minimum Gasteiger partial charge on any atom is -0.312 e. The van der Waals surface area contributed by atoms with E-state index in [4.69, 9.17) is 0 Å². The van der Waals surface area contributed by atoms with Crippen molar-refractivity contribution in [1.82, 2.24) is 9.62 Å². The van der Waals surface area contributed by atoms with Gasteiger partial charge in [-0.2, -0.15) is 4.31 Å². The number of rotatable bonds is 8. The van der Waals surface area contributed by atoms with E-state index < -0.39 is 10.0 Å². The zero-order valence-electron chi connectivity index (χ0n) is 12.7. The molecule has 0 aliphatic rings. The average Bonchev–Trinajstić information content (AvgIpc) is 2.70. The lowest BCUT2D eigenvalue weighted by Gasteiger charge is -2.18. The maximum Gasteiger partial charge on any atom is 0.244 e. The zero-order chi connectivity index (χ0) is 15.3. The first-order valence-electron chi connectivity index (χ1n) is 6.69. The smallest absolute Gasteiger partial charge is 0.244 e. The summed E-state index contributed by atoms with van der Waals surface area (Å²) in [6.45, 7) is 11.4. The van der Waals surface area contributed by atoms with E-state index >= 15 is 0 Å². The number of likely N-dealkylation sites (N-methyl/N-ethyl adjacent to an activating group) is 1. The third kappa shape index (κ3) is 4.15. The molecule has 0 aliphatic carbocycles. The Morgan fingerprint density at radius 1 is 1.50 bits per heavy atom. The number of sulfonamides is 1. The van der Waals surface area contributed by atoms with Gasteiger partial charge in [-0.15, -0.1) is 11.3 Å². The molecule has 1 rings (SSSR count). The van der Waals surface area contributed by atoms with Crippen LogP contribution in [0.3, 0.4) is 0 Å². The molecule has 4 nitrogen and oxygen atoms in total. The number of nitrogens with one attached hydrogen (secondary N) is 1. The van der Waals surface area contributed by atoms with Crippen LogP contribution in [0.15, 0.2) is 22.4 Å². The van der Waals surface area contributed by atoms with E-state index in [2.05, 4.69) is 18.8 Å². The first kappa shape index (κ1) is 17.4. The van der Waals surface area contributed by atoms with Crippen LogP contribution in [0, 0.1) is 6.92 Å². The number of hydrogen-bond acceptors (Lipinski definition) is 4. The van der Waals surface area contributed by atoms with Gasteiger partial charge in [-0.3, -0.25) is 0 Å². The summed E-state index contributed by atoms with van der Waals surface area (Å²) in [4.78, 5) is 1.33. The standard InChI is InChI=1S/C14H24N2O2S2/c1-6-7-15-8-13-14(12(4)10-19-13)20(17,18)16(5)9-11(2)3/h10,15H,2,6-9H2,1,3-5H3. The highest BCUT2D eigenvalue weighted by Crippen LogP contribution is 2.29. The van der Waals surface area contributed by atoms with Crippen molar-refractivity contribution < 1.29 is 8.42 Å². The summed E-state index contributed by atoms with van der Waals surface area (Å²) in [6, 6.07) is 0. The van der Waals surface area contributed by atoms with Crippen LogP contribution in [-0.4, -0.2) is 32.9 Å². The predicted octanol–water partition coefficient (Wildman–Crippen LogP) is 2.75. The Labute approximate surface area is 126 Å². The first-order chi connectivity index (χ1) is 9.30. The summed E-state index contributed by atoms with van der Waals surface area (Å²) in [7, 11) is -1.84. The lowest BCUT2D eigenvalue weighted by molar-refractivity contribution is 0.491. The van der Waals surface area contributed by atoms with E-state index in [0.29, 0.717) is 18.0 Å². The molecule has 0 saturated heterocycles. The SMILES string of the molecule is C=C(C)CN(C)S(=O)(=O)c1c(C)csc1CNCCC. The number of nitrogens with zero attached hydrogens (tertiary/aromatic N) is 1. The maximum atomic E-state index is 12.7. The van der Waals surface area contributed by atoms with Gasteiger partial charge in [0.2, 0.25) is 10.0 Å². The highest BCUT2D eigenvalue weighted by Gasteiger charge is 2.27. The molecule has 6 heteroatoms. The lowest BCUT2D eigenvalue weighted by atomic mass is 10.3. The van der Waals surface area contributed by atoms with E-state index in [9.17, 15) is 8.42 Å². The highest BCUT2D eigenvalue weighted by molar-refractivity contribution is 7.89. The Bertz CT molecular complexity index is 562. The molecule has 1 aromatic heterocycles. The van der Waals surface area contributed by atoms with Gasteiger partial charge in [-0.05, 0) is 37.8 Å². The predicted molar refractivity (Wildman–Crippen MR) is 85.7 cm³/mol. The van der Waals surface area contributed by atoms with Gasteiger partial charge in [0.05, 0.1) is 0 Å². The Kier molecular flexibility index (Phi) is 6.39. The molecule has 1 heterocycles. The van der Waals surface area contributed by atoms with Crippen molar-refractivity contribution in [2.24, 2.45) is 0 Å². The van der Waals surface area contributed by atoms with Crippen LogP contribution in [-0.2, 0) is 16.6 Å². The summed E-state index contributed by atoms with van der Waals surface area (Å²) in [5.74, 6) is 0. The molecule has 0 unspecified atom stereocenters. The van der Waals surface area contributed by atoms with Crippen molar-refractivity contribution in [3.63, 3.8) is 0 Å². The second kappa shape index (κ2) is 7.36. The fraction of sp³-hybridized carbons (Fsp3) is 0.571. The van der Waals surface area contributed by atoms with E-state index in [1.165, 1.54) is 15.6 Å². The van der Waals surface area contributed by atoms with Gasteiger partial charge in [0.25, 0.3) is 0 Å². The van der Waals surface area contributed by atoms with Crippen LogP contribution in [0.4, 0.5) is 0 Å².